The molecule has 2 rings (SSSR count). The van der Waals surface area contributed by atoms with Crippen LogP contribution in [0.1, 0.15) is 25.0 Å². The lowest BCUT2D eigenvalue weighted by molar-refractivity contribution is 0.723. The number of pyridine rings is 1. The van der Waals surface area contributed by atoms with Crippen LogP contribution in [0.25, 0.3) is 0 Å². The lowest BCUT2D eigenvalue weighted by atomic mass is 10.2. The molecule has 4 heteroatoms. The summed E-state index contributed by atoms with van der Waals surface area (Å²) in [4.78, 5) is 6.74. The van der Waals surface area contributed by atoms with Gasteiger partial charge in [-0.2, -0.15) is 0 Å². The zero-order chi connectivity index (χ0) is 15.1. The van der Waals surface area contributed by atoms with Crippen molar-refractivity contribution in [3.8, 4) is 0 Å². The van der Waals surface area contributed by atoms with Crippen molar-refractivity contribution in [1.29, 1.82) is 0 Å². The fourth-order valence-corrected chi connectivity index (χ4v) is 2.52. The van der Waals surface area contributed by atoms with E-state index in [0.717, 1.165) is 37.6 Å². The molecule has 0 unspecified atom stereocenters. The molecule has 0 radical (unpaired) electrons. The lowest BCUT2D eigenvalue weighted by Crippen LogP contribution is -2.23. The second-order valence-corrected chi connectivity index (χ2v) is 5.34. The summed E-state index contributed by atoms with van der Waals surface area (Å²) in [6.45, 7) is 7.63. The number of anilines is 1. The molecule has 2 aromatic rings. The van der Waals surface area contributed by atoms with E-state index >= 15 is 0 Å². The number of rotatable bonds is 7. The molecule has 1 aromatic heterocycles. The monoisotopic (exact) mass is 303 g/mol. The topological polar surface area (TPSA) is 28.2 Å². The van der Waals surface area contributed by atoms with E-state index < -0.39 is 0 Å². The van der Waals surface area contributed by atoms with E-state index in [1.807, 2.05) is 18.3 Å². The summed E-state index contributed by atoms with van der Waals surface area (Å²) in [5.41, 5.74) is 2.37. The van der Waals surface area contributed by atoms with Gasteiger partial charge in [0.2, 0.25) is 0 Å². The molecule has 0 aliphatic heterocycles. The Morgan fingerprint density at radius 1 is 1.14 bits per heavy atom. The van der Waals surface area contributed by atoms with Gasteiger partial charge in [0, 0.05) is 25.8 Å². The summed E-state index contributed by atoms with van der Waals surface area (Å²) in [6, 6.07) is 12.4. The van der Waals surface area contributed by atoms with E-state index in [2.05, 4.69) is 53.3 Å². The third kappa shape index (κ3) is 4.45. The Morgan fingerprint density at radius 2 is 1.90 bits per heavy atom. The average Bonchev–Trinajstić information content (AvgIpc) is 2.52. The van der Waals surface area contributed by atoms with Crippen LogP contribution in [-0.2, 0) is 13.1 Å². The molecule has 0 aliphatic carbocycles. The first-order valence-electron chi connectivity index (χ1n) is 7.38. The first-order chi connectivity index (χ1) is 10.2. The van der Waals surface area contributed by atoms with E-state index in [9.17, 15) is 0 Å². The average molecular weight is 304 g/mol. The van der Waals surface area contributed by atoms with Crippen LogP contribution >= 0.6 is 11.6 Å². The molecule has 0 amide bonds. The summed E-state index contributed by atoms with van der Waals surface area (Å²) >= 11 is 6.42. The van der Waals surface area contributed by atoms with E-state index in [1.165, 1.54) is 5.56 Å². The molecule has 0 atom stereocenters. The molecule has 0 aliphatic rings. The fourth-order valence-electron chi connectivity index (χ4n) is 2.21. The molecule has 1 heterocycles. The quantitative estimate of drug-likeness (QED) is 0.841. The highest BCUT2D eigenvalue weighted by Crippen LogP contribution is 2.25. The summed E-state index contributed by atoms with van der Waals surface area (Å²) < 4.78 is 0. The van der Waals surface area contributed by atoms with Crippen LogP contribution in [-0.4, -0.2) is 18.1 Å². The van der Waals surface area contributed by atoms with Gasteiger partial charge in [-0.05, 0) is 30.7 Å². The summed E-state index contributed by atoms with van der Waals surface area (Å²) in [7, 11) is 0. The maximum atomic E-state index is 6.42. The van der Waals surface area contributed by atoms with E-state index in [4.69, 9.17) is 11.6 Å². The Balaban J connectivity index is 2.14. The zero-order valence-electron chi connectivity index (χ0n) is 12.6. The van der Waals surface area contributed by atoms with Crippen molar-refractivity contribution in [1.82, 2.24) is 10.3 Å². The number of hydrogen-bond acceptors (Lipinski definition) is 3. The minimum atomic E-state index is 0.711. The minimum absolute atomic E-state index is 0.711. The molecular weight excluding hydrogens is 282 g/mol. The molecular formula is C17H22ClN3. The van der Waals surface area contributed by atoms with E-state index in [-0.39, 0.29) is 0 Å². The molecule has 0 saturated carbocycles. The number of nitrogens with one attached hydrogen (secondary N) is 1. The number of benzene rings is 1. The number of hydrogen-bond donors (Lipinski definition) is 1. The Labute approximate surface area is 132 Å². The Kier molecular flexibility index (Phi) is 6.03. The van der Waals surface area contributed by atoms with Gasteiger partial charge in [0.15, 0.2) is 0 Å². The third-order valence-corrected chi connectivity index (χ3v) is 3.63. The first-order valence-corrected chi connectivity index (χ1v) is 7.76. The van der Waals surface area contributed by atoms with Gasteiger partial charge in [-0.25, -0.2) is 4.98 Å². The summed E-state index contributed by atoms with van der Waals surface area (Å²) in [6.07, 6.45) is 1.90. The number of halogens is 1. The van der Waals surface area contributed by atoms with Crippen molar-refractivity contribution in [2.75, 3.05) is 18.0 Å². The van der Waals surface area contributed by atoms with Crippen molar-refractivity contribution in [3.63, 3.8) is 0 Å². The summed E-state index contributed by atoms with van der Waals surface area (Å²) in [5.74, 6) is 0.850. The lowest BCUT2D eigenvalue weighted by Gasteiger charge is -2.23. The van der Waals surface area contributed by atoms with Crippen LogP contribution in [0.5, 0.6) is 0 Å². The smallest absolute Gasteiger partial charge is 0.147 e. The van der Waals surface area contributed by atoms with Gasteiger partial charge in [-0.15, -0.1) is 0 Å². The third-order valence-electron chi connectivity index (χ3n) is 3.36. The Morgan fingerprint density at radius 3 is 2.52 bits per heavy atom. The maximum Gasteiger partial charge on any atom is 0.147 e. The number of nitrogens with zero attached hydrogens (tertiary/aromatic N) is 2. The van der Waals surface area contributed by atoms with Crippen molar-refractivity contribution >= 4 is 17.4 Å². The Hall–Kier alpha value is -1.58. The molecule has 3 nitrogen and oxygen atoms in total. The SMILES string of the molecule is CCNCc1cnc(N(CC)Cc2ccccc2)c(Cl)c1. The van der Waals surface area contributed by atoms with Gasteiger partial charge >= 0.3 is 0 Å². The number of aromatic nitrogens is 1. The van der Waals surface area contributed by atoms with Crippen molar-refractivity contribution < 1.29 is 0 Å². The molecule has 1 N–H and O–H groups in total. The van der Waals surface area contributed by atoms with E-state index in [0.29, 0.717) is 5.02 Å². The van der Waals surface area contributed by atoms with Gasteiger partial charge in [-0.1, -0.05) is 48.9 Å². The fraction of sp³-hybridized carbons (Fsp3) is 0.353. The zero-order valence-corrected chi connectivity index (χ0v) is 13.4. The van der Waals surface area contributed by atoms with Crippen LogP contribution in [0.4, 0.5) is 5.82 Å². The highest BCUT2D eigenvalue weighted by atomic mass is 35.5. The van der Waals surface area contributed by atoms with Crippen LogP contribution in [0.2, 0.25) is 5.02 Å². The van der Waals surface area contributed by atoms with E-state index in [1.54, 1.807) is 0 Å². The van der Waals surface area contributed by atoms with Crippen molar-refractivity contribution in [2.24, 2.45) is 0 Å². The van der Waals surface area contributed by atoms with Gasteiger partial charge in [0.05, 0.1) is 5.02 Å². The van der Waals surface area contributed by atoms with Crippen LogP contribution in [0.3, 0.4) is 0 Å². The maximum absolute atomic E-state index is 6.42. The normalized spacial score (nSPS) is 10.6. The molecule has 0 fully saturated rings. The molecule has 112 valence electrons. The Bertz CT molecular complexity index is 557. The highest BCUT2D eigenvalue weighted by molar-refractivity contribution is 6.33. The standard InChI is InChI=1S/C17H22ClN3/c1-3-19-11-15-10-16(18)17(20-12-15)21(4-2)13-14-8-6-5-7-9-14/h5-10,12,19H,3-4,11,13H2,1-2H3. The second-order valence-electron chi connectivity index (χ2n) is 4.93. The van der Waals surface area contributed by atoms with Gasteiger partial charge in [-0.3, -0.25) is 0 Å². The second kappa shape index (κ2) is 8.01. The predicted molar refractivity (Wildman–Crippen MR) is 89.8 cm³/mol. The van der Waals surface area contributed by atoms with Gasteiger partial charge < -0.3 is 10.2 Å². The molecule has 21 heavy (non-hydrogen) atoms. The minimum Gasteiger partial charge on any atom is -0.351 e. The highest BCUT2D eigenvalue weighted by Gasteiger charge is 2.11. The molecule has 0 spiro atoms. The predicted octanol–water partition coefficient (Wildman–Crippen LogP) is 3.87. The molecule has 1 aromatic carbocycles. The molecule has 0 bridgehead atoms. The van der Waals surface area contributed by atoms with Gasteiger partial charge in [0.1, 0.15) is 5.82 Å². The van der Waals surface area contributed by atoms with Crippen molar-refractivity contribution in [3.05, 3.63) is 58.7 Å². The summed E-state index contributed by atoms with van der Waals surface area (Å²) in [5, 5.41) is 3.99. The largest absolute Gasteiger partial charge is 0.351 e. The van der Waals surface area contributed by atoms with Crippen molar-refractivity contribution in [2.45, 2.75) is 26.9 Å². The van der Waals surface area contributed by atoms with Crippen LogP contribution < -0.4 is 10.2 Å². The first kappa shape index (κ1) is 15.8. The van der Waals surface area contributed by atoms with Gasteiger partial charge in [0.25, 0.3) is 0 Å². The van der Waals surface area contributed by atoms with Crippen LogP contribution in [0.15, 0.2) is 42.6 Å². The molecule has 0 saturated heterocycles. The van der Waals surface area contributed by atoms with Crippen LogP contribution in [0, 0.1) is 0 Å².